The molecule has 1 aromatic carbocycles. The van der Waals surface area contributed by atoms with Crippen molar-refractivity contribution in [3.05, 3.63) is 36.4 Å². The number of hydrogen-bond acceptors (Lipinski definition) is 5. The molecular formula is C14H15N5O. The number of nitrogens with zero attached hydrogens (tertiary/aromatic N) is 4. The van der Waals surface area contributed by atoms with Crippen molar-refractivity contribution in [1.29, 1.82) is 0 Å². The van der Waals surface area contributed by atoms with Crippen molar-refractivity contribution < 1.29 is 4.52 Å². The zero-order chi connectivity index (χ0) is 13.4. The Kier molecular flexibility index (Phi) is 2.74. The van der Waals surface area contributed by atoms with Gasteiger partial charge in [0.1, 0.15) is 0 Å². The summed E-state index contributed by atoms with van der Waals surface area (Å²) >= 11 is 0. The zero-order valence-electron chi connectivity index (χ0n) is 11.0. The lowest BCUT2D eigenvalue weighted by Crippen LogP contribution is -2.26. The summed E-state index contributed by atoms with van der Waals surface area (Å²) < 4.78 is 7.15. The average molecular weight is 269 g/mol. The van der Waals surface area contributed by atoms with Gasteiger partial charge >= 0.3 is 0 Å². The molecule has 0 radical (unpaired) electrons. The van der Waals surface area contributed by atoms with Crippen LogP contribution in [0.5, 0.6) is 0 Å². The third-order valence-electron chi connectivity index (χ3n) is 3.79. The maximum atomic E-state index is 5.43. The Morgan fingerprint density at radius 2 is 2.05 bits per heavy atom. The van der Waals surface area contributed by atoms with E-state index in [2.05, 4.69) is 20.6 Å². The van der Waals surface area contributed by atoms with Gasteiger partial charge in [-0.25, -0.2) is 0 Å². The molecule has 0 atom stereocenters. The van der Waals surface area contributed by atoms with Crippen LogP contribution in [0.25, 0.3) is 16.9 Å². The van der Waals surface area contributed by atoms with Gasteiger partial charge in [-0.15, -0.1) is 0 Å². The summed E-state index contributed by atoms with van der Waals surface area (Å²) in [4.78, 5) is 4.52. The highest BCUT2D eigenvalue weighted by molar-refractivity contribution is 5.79. The molecule has 1 aliphatic rings. The van der Waals surface area contributed by atoms with Crippen LogP contribution in [0.3, 0.4) is 0 Å². The van der Waals surface area contributed by atoms with Gasteiger partial charge in [-0.2, -0.15) is 14.8 Å². The Morgan fingerprint density at radius 1 is 1.20 bits per heavy atom. The molecule has 1 saturated heterocycles. The second-order valence-electron chi connectivity index (χ2n) is 5.07. The topological polar surface area (TPSA) is 68.8 Å². The molecule has 3 heterocycles. The smallest absolute Gasteiger partial charge is 0.291 e. The second-order valence-corrected chi connectivity index (χ2v) is 5.07. The van der Waals surface area contributed by atoms with Crippen molar-refractivity contribution in [3.63, 3.8) is 0 Å². The predicted octanol–water partition coefficient (Wildman–Crippen LogP) is 1.88. The first-order valence-electron chi connectivity index (χ1n) is 6.89. The first-order valence-corrected chi connectivity index (χ1v) is 6.89. The van der Waals surface area contributed by atoms with E-state index in [1.165, 1.54) is 0 Å². The van der Waals surface area contributed by atoms with Crippen molar-refractivity contribution in [2.45, 2.75) is 18.8 Å². The highest BCUT2D eigenvalue weighted by Crippen LogP contribution is 2.24. The van der Waals surface area contributed by atoms with Crippen LogP contribution in [0.4, 0.5) is 0 Å². The highest BCUT2D eigenvalue weighted by atomic mass is 16.5. The van der Waals surface area contributed by atoms with E-state index in [9.17, 15) is 0 Å². The standard InChI is InChI=1S/C14H15N5O/c1-2-4-12-11(3-1)9-16-19(12)14-17-13(20-18-14)10-5-7-15-8-6-10/h1-4,9-10,15H,5-8H2. The van der Waals surface area contributed by atoms with Crippen LogP contribution in [-0.4, -0.2) is 33.0 Å². The molecule has 102 valence electrons. The molecule has 1 N–H and O–H groups in total. The molecule has 6 nitrogen and oxygen atoms in total. The Bertz CT molecular complexity index is 726. The molecule has 0 spiro atoms. The second kappa shape index (κ2) is 4.72. The van der Waals surface area contributed by atoms with E-state index in [-0.39, 0.29) is 0 Å². The van der Waals surface area contributed by atoms with Crippen molar-refractivity contribution in [2.75, 3.05) is 13.1 Å². The summed E-state index contributed by atoms with van der Waals surface area (Å²) in [6, 6.07) is 7.99. The summed E-state index contributed by atoms with van der Waals surface area (Å²) in [5.74, 6) is 1.60. The first kappa shape index (κ1) is 11.6. The van der Waals surface area contributed by atoms with Gasteiger partial charge in [0, 0.05) is 11.3 Å². The molecule has 1 fully saturated rings. The lowest BCUT2D eigenvalue weighted by molar-refractivity contribution is 0.319. The minimum atomic E-state index is 0.360. The van der Waals surface area contributed by atoms with Crippen LogP contribution in [0.1, 0.15) is 24.7 Å². The molecule has 0 unspecified atom stereocenters. The van der Waals surface area contributed by atoms with E-state index < -0.39 is 0 Å². The summed E-state index contributed by atoms with van der Waals surface area (Å²) in [6.07, 6.45) is 3.90. The predicted molar refractivity (Wildman–Crippen MR) is 73.8 cm³/mol. The van der Waals surface area contributed by atoms with Gasteiger partial charge in [-0.05, 0) is 37.2 Å². The Balaban J connectivity index is 1.70. The number of fused-ring (bicyclic) bond motifs is 1. The molecular weight excluding hydrogens is 254 g/mol. The van der Waals surface area contributed by atoms with E-state index in [1.54, 1.807) is 4.68 Å². The fraction of sp³-hybridized carbons (Fsp3) is 0.357. The van der Waals surface area contributed by atoms with Crippen molar-refractivity contribution in [1.82, 2.24) is 25.2 Å². The van der Waals surface area contributed by atoms with E-state index in [4.69, 9.17) is 4.52 Å². The lowest BCUT2D eigenvalue weighted by atomic mass is 9.98. The van der Waals surface area contributed by atoms with Crippen LogP contribution in [0, 0.1) is 0 Å². The number of para-hydroxylation sites is 1. The largest absolute Gasteiger partial charge is 0.337 e. The normalized spacial score (nSPS) is 16.8. The van der Waals surface area contributed by atoms with E-state index >= 15 is 0 Å². The van der Waals surface area contributed by atoms with Gasteiger partial charge < -0.3 is 9.84 Å². The van der Waals surface area contributed by atoms with Crippen molar-refractivity contribution >= 4 is 10.9 Å². The molecule has 0 amide bonds. The lowest BCUT2D eigenvalue weighted by Gasteiger charge is -2.18. The SMILES string of the molecule is c1ccc2c(c1)cnn2-c1noc(C2CCNCC2)n1. The summed E-state index contributed by atoms with van der Waals surface area (Å²) in [7, 11) is 0. The van der Waals surface area contributed by atoms with Gasteiger partial charge in [-0.1, -0.05) is 18.2 Å². The number of nitrogens with one attached hydrogen (secondary N) is 1. The molecule has 4 rings (SSSR count). The van der Waals surface area contributed by atoms with Gasteiger partial charge in [0.2, 0.25) is 5.89 Å². The third kappa shape index (κ3) is 1.89. The quantitative estimate of drug-likeness (QED) is 0.769. The Hall–Kier alpha value is -2.21. The molecule has 2 aromatic heterocycles. The van der Waals surface area contributed by atoms with Gasteiger partial charge in [0.15, 0.2) is 0 Å². The number of aromatic nitrogens is 4. The van der Waals surface area contributed by atoms with Crippen LogP contribution in [0.15, 0.2) is 35.0 Å². The molecule has 6 heteroatoms. The fourth-order valence-corrected chi connectivity index (χ4v) is 2.68. The molecule has 0 bridgehead atoms. The van der Waals surface area contributed by atoms with Crippen LogP contribution in [0.2, 0.25) is 0 Å². The van der Waals surface area contributed by atoms with Gasteiger partial charge in [-0.3, -0.25) is 0 Å². The monoisotopic (exact) mass is 269 g/mol. The number of benzene rings is 1. The fourth-order valence-electron chi connectivity index (χ4n) is 2.68. The van der Waals surface area contributed by atoms with Crippen LogP contribution < -0.4 is 5.32 Å². The Labute approximate surface area is 115 Å². The summed E-state index contributed by atoms with van der Waals surface area (Å²) in [6.45, 7) is 2.01. The first-order chi connectivity index (χ1) is 9.92. The number of piperidine rings is 1. The maximum Gasteiger partial charge on any atom is 0.291 e. The number of rotatable bonds is 2. The minimum absolute atomic E-state index is 0.360. The number of hydrogen-bond donors (Lipinski definition) is 1. The molecule has 3 aromatic rings. The van der Waals surface area contributed by atoms with E-state index in [0.717, 1.165) is 42.7 Å². The van der Waals surface area contributed by atoms with Crippen molar-refractivity contribution in [3.8, 4) is 5.95 Å². The minimum Gasteiger partial charge on any atom is -0.337 e. The van der Waals surface area contributed by atoms with Gasteiger partial charge in [0.25, 0.3) is 5.95 Å². The molecule has 0 aliphatic carbocycles. The third-order valence-corrected chi connectivity index (χ3v) is 3.79. The van der Waals surface area contributed by atoms with Gasteiger partial charge in [0.05, 0.1) is 11.7 Å². The zero-order valence-corrected chi connectivity index (χ0v) is 11.0. The van der Waals surface area contributed by atoms with E-state index in [0.29, 0.717) is 11.9 Å². The summed E-state index contributed by atoms with van der Waals surface area (Å²) in [5.41, 5.74) is 0.991. The average Bonchev–Trinajstić information content (AvgIpc) is 3.14. The molecule has 20 heavy (non-hydrogen) atoms. The van der Waals surface area contributed by atoms with E-state index in [1.807, 2.05) is 30.5 Å². The molecule has 0 saturated carbocycles. The van der Waals surface area contributed by atoms with Crippen LogP contribution in [-0.2, 0) is 0 Å². The summed E-state index contributed by atoms with van der Waals surface area (Å²) in [5, 5.41) is 12.8. The Morgan fingerprint density at radius 3 is 2.95 bits per heavy atom. The highest BCUT2D eigenvalue weighted by Gasteiger charge is 2.22. The maximum absolute atomic E-state index is 5.43. The van der Waals surface area contributed by atoms with Crippen LogP contribution >= 0.6 is 0 Å². The van der Waals surface area contributed by atoms with Crippen molar-refractivity contribution in [2.24, 2.45) is 0 Å². The molecule has 1 aliphatic heterocycles.